The molecule has 2 aromatic heterocycles. The first-order chi connectivity index (χ1) is 30.3. The Morgan fingerprint density at radius 2 is 1.62 bits per heavy atom. The number of halogens is 3. The second-order valence-electron chi connectivity index (χ2n) is 16.8. The number of aromatic nitrogens is 4. The molecule has 328 valence electrons. The third-order valence-corrected chi connectivity index (χ3v) is 13.3. The maximum atomic E-state index is 15.3. The normalized spacial score (nSPS) is 20.3. The van der Waals surface area contributed by atoms with Crippen molar-refractivity contribution >= 4 is 46.7 Å². The van der Waals surface area contributed by atoms with Crippen molar-refractivity contribution < 1.29 is 37.1 Å². The summed E-state index contributed by atoms with van der Waals surface area (Å²) in [5, 5.41) is 7.75. The molecule has 6 heterocycles. The first kappa shape index (κ1) is 41.9. The smallest absolute Gasteiger partial charge is 0.406 e. The molecule has 4 fully saturated rings. The van der Waals surface area contributed by atoms with Gasteiger partial charge in [0.2, 0.25) is 18.2 Å². The molecule has 3 N–H and O–H groups in total. The summed E-state index contributed by atoms with van der Waals surface area (Å²) in [5.41, 5.74) is 7.95. The van der Waals surface area contributed by atoms with Crippen molar-refractivity contribution in [2.24, 2.45) is 0 Å². The molecular weight excluding hydrogens is 818 g/mol. The lowest BCUT2D eigenvalue weighted by Crippen LogP contribution is -2.68. The first-order valence-corrected chi connectivity index (χ1v) is 21.2. The number of piperidine rings is 3. The van der Waals surface area contributed by atoms with Crippen molar-refractivity contribution in [3.05, 3.63) is 90.3 Å². The lowest BCUT2D eigenvalue weighted by molar-refractivity contribution is -0.250. The number of nitrogens with one attached hydrogen (secondary N) is 1. The van der Waals surface area contributed by atoms with Crippen molar-refractivity contribution in [2.45, 2.75) is 75.3 Å². The van der Waals surface area contributed by atoms with E-state index >= 15 is 13.2 Å². The molecule has 0 saturated carbocycles. The zero-order valence-corrected chi connectivity index (χ0v) is 34.6. The average molecular weight is 865 g/mol. The number of nitrogens with two attached hydrogens (primary N) is 1. The Labute approximate surface area is 361 Å². The Bertz CT molecular complexity index is 2530. The number of anilines is 2. The quantitative estimate of drug-likeness (QED) is 0.134. The number of nitrogens with zero attached hydrogens (tertiary/aromatic N) is 8. The minimum absolute atomic E-state index is 0.0163. The van der Waals surface area contributed by atoms with Gasteiger partial charge in [-0.15, -0.1) is 0 Å². The first-order valence-electron chi connectivity index (χ1n) is 21.2. The van der Waals surface area contributed by atoms with Gasteiger partial charge in [0.1, 0.15) is 40.9 Å². The monoisotopic (exact) mass is 864 g/mol. The summed E-state index contributed by atoms with van der Waals surface area (Å²) < 4.78 is 53.6. The van der Waals surface area contributed by atoms with Crippen LogP contribution in [0.4, 0.5) is 24.7 Å². The minimum atomic E-state index is -4.44. The molecule has 5 aromatic rings. The van der Waals surface area contributed by atoms with E-state index in [0.29, 0.717) is 66.1 Å². The number of aryl methyl sites for hydroxylation is 1. The number of benzene rings is 3. The Morgan fingerprint density at radius 1 is 0.921 bits per heavy atom. The van der Waals surface area contributed by atoms with Gasteiger partial charge in [0.25, 0.3) is 5.91 Å². The molecule has 4 aliphatic rings. The molecule has 0 aliphatic carbocycles. The fourth-order valence-corrected chi connectivity index (χ4v) is 9.62. The summed E-state index contributed by atoms with van der Waals surface area (Å²) in [6.45, 7) is 3.91. The zero-order chi connectivity index (χ0) is 44.0. The molecule has 18 heteroatoms. The van der Waals surface area contributed by atoms with Crippen LogP contribution >= 0.6 is 0 Å². The van der Waals surface area contributed by atoms with Crippen molar-refractivity contribution in [3.63, 3.8) is 0 Å². The lowest BCUT2D eigenvalue weighted by Gasteiger charge is -2.54. The number of likely N-dealkylation sites (tertiary alicyclic amines) is 2. The molecule has 63 heavy (non-hydrogen) atoms. The van der Waals surface area contributed by atoms with E-state index in [1.54, 1.807) is 24.0 Å². The van der Waals surface area contributed by atoms with Crippen molar-refractivity contribution in [3.8, 4) is 22.8 Å². The maximum absolute atomic E-state index is 15.3. The number of carbonyl (C=O) groups excluding carboxylic acids is 4. The van der Waals surface area contributed by atoms with Crippen LogP contribution in [-0.2, 0) is 14.4 Å². The fourth-order valence-electron chi connectivity index (χ4n) is 9.62. The summed E-state index contributed by atoms with van der Waals surface area (Å²) in [4.78, 5) is 65.1. The number of amides is 4. The van der Waals surface area contributed by atoms with E-state index in [-0.39, 0.29) is 75.3 Å². The van der Waals surface area contributed by atoms with Gasteiger partial charge >= 0.3 is 6.18 Å². The van der Waals surface area contributed by atoms with E-state index in [2.05, 4.69) is 20.2 Å². The van der Waals surface area contributed by atoms with Gasteiger partial charge in [-0.2, -0.15) is 18.3 Å². The number of nitrogen functional groups attached to an aromatic ring is 1. The number of imide groups is 2. The van der Waals surface area contributed by atoms with Crippen LogP contribution in [-0.4, -0.2) is 122 Å². The molecule has 15 nitrogen and oxygen atoms in total. The molecule has 0 radical (unpaired) electrons. The van der Waals surface area contributed by atoms with E-state index in [1.807, 2.05) is 70.2 Å². The largest absolute Gasteiger partial charge is 0.457 e. The van der Waals surface area contributed by atoms with Crippen molar-refractivity contribution in [1.29, 1.82) is 0 Å². The van der Waals surface area contributed by atoms with Gasteiger partial charge in [0.05, 0.1) is 11.4 Å². The van der Waals surface area contributed by atoms with Crippen molar-refractivity contribution in [2.75, 3.05) is 49.9 Å². The van der Waals surface area contributed by atoms with Gasteiger partial charge in [-0.1, -0.05) is 24.3 Å². The Kier molecular flexibility index (Phi) is 11.1. The number of fused-ring (bicyclic) bond motifs is 1. The predicted molar refractivity (Wildman–Crippen MR) is 227 cm³/mol. The highest BCUT2D eigenvalue weighted by Crippen LogP contribution is 2.46. The average Bonchev–Trinajstić information content (AvgIpc) is 3.66. The number of hydrogen-bond acceptors (Lipinski definition) is 12. The number of rotatable bonds is 10. The van der Waals surface area contributed by atoms with E-state index in [0.717, 1.165) is 16.2 Å². The van der Waals surface area contributed by atoms with Crippen molar-refractivity contribution in [1.82, 2.24) is 39.8 Å². The van der Waals surface area contributed by atoms with Crippen LogP contribution in [0.15, 0.2) is 79.1 Å². The number of carbonyl (C=O) groups is 4. The number of alkyl halides is 3. The predicted octanol–water partition coefficient (Wildman–Crippen LogP) is 5.50. The summed E-state index contributed by atoms with van der Waals surface area (Å²) >= 11 is 0. The van der Waals surface area contributed by atoms with Crippen LogP contribution in [0.25, 0.3) is 22.3 Å². The van der Waals surface area contributed by atoms with Crippen LogP contribution in [0.3, 0.4) is 0 Å². The molecule has 1 unspecified atom stereocenters. The van der Waals surface area contributed by atoms with Crippen LogP contribution in [0, 0.1) is 6.92 Å². The van der Waals surface area contributed by atoms with Gasteiger partial charge in [0.15, 0.2) is 5.65 Å². The standard InChI is InChI=1S/C45H47F3N10O5/c1-28-7-10-31(23-35(28)43(62)57(27-59)36-13-14-37(60)52-42(36)61)55-24-32(25-55)54-21-17-44(18-22-54,45(46,47)48)56-19-15-30(16-20-56)58-41-38(40(49)50-26-51-41)39(53-58)29-8-11-34(12-9-29)63-33-5-3-2-4-6-33/h2-12,23,26-27,30,32,36H,13-22,24-25H2,1H3,(H2,49,50,51)(H,52,60,61). The summed E-state index contributed by atoms with van der Waals surface area (Å²) in [6.07, 6.45) is -1.88. The molecule has 1 atom stereocenters. The highest BCUT2D eigenvalue weighted by molar-refractivity contribution is 6.08. The highest BCUT2D eigenvalue weighted by atomic mass is 19.4. The molecule has 0 bridgehead atoms. The van der Waals surface area contributed by atoms with Gasteiger partial charge in [-0.05, 0) is 93.1 Å². The van der Waals surface area contributed by atoms with E-state index in [1.165, 1.54) is 6.33 Å². The van der Waals surface area contributed by atoms with Crippen LogP contribution < -0.4 is 20.7 Å². The van der Waals surface area contributed by atoms with Gasteiger partial charge in [-0.25, -0.2) is 14.6 Å². The molecule has 0 spiro atoms. The molecule has 3 aromatic carbocycles. The van der Waals surface area contributed by atoms with Crippen LogP contribution in [0.1, 0.15) is 60.5 Å². The van der Waals surface area contributed by atoms with Gasteiger partial charge in [-0.3, -0.25) is 39.2 Å². The van der Waals surface area contributed by atoms with Crippen LogP contribution in [0.5, 0.6) is 11.5 Å². The molecular formula is C45H47F3N10O5. The highest BCUT2D eigenvalue weighted by Gasteiger charge is 2.60. The Hall–Kier alpha value is -6.40. The summed E-state index contributed by atoms with van der Waals surface area (Å²) in [6, 6.07) is 21.0. The third kappa shape index (κ3) is 7.86. The molecule has 4 saturated heterocycles. The second-order valence-corrected chi connectivity index (χ2v) is 16.8. The summed E-state index contributed by atoms with van der Waals surface area (Å²) in [7, 11) is 0. The zero-order valence-electron chi connectivity index (χ0n) is 34.6. The second kappa shape index (κ2) is 16.7. The number of para-hydroxylation sites is 1. The lowest BCUT2D eigenvalue weighted by atomic mass is 9.82. The summed E-state index contributed by atoms with van der Waals surface area (Å²) in [5.74, 6) is -0.164. The van der Waals surface area contributed by atoms with E-state index in [4.69, 9.17) is 15.6 Å². The van der Waals surface area contributed by atoms with Crippen LogP contribution in [0.2, 0.25) is 0 Å². The maximum Gasteiger partial charge on any atom is 0.406 e. The SMILES string of the molecule is Cc1ccc(N2CC(N3CCC(N4CCC(n5nc(-c6ccc(Oc7ccccc7)cc6)c6c(N)ncnc65)CC4)(C(F)(F)F)CC3)C2)cc1C(=O)N(C=O)C1CCC(=O)NC1=O. The topological polar surface area (TPSA) is 172 Å². The fraction of sp³-hybridized carbons (Fsp3) is 0.400. The minimum Gasteiger partial charge on any atom is -0.457 e. The molecule has 4 aliphatic heterocycles. The third-order valence-electron chi connectivity index (χ3n) is 13.3. The molecule has 4 amide bonds. The molecule has 9 rings (SSSR count). The van der Waals surface area contributed by atoms with E-state index in [9.17, 15) is 19.2 Å². The van der Waals surface area contributed by atoms with Gasteiger partial charge < -0.3 is 15.4 Å². The number of hydrogen-bond donors (Lipinski definition) is 2. The number of ether oxygens (including phenoxy) is 1. The van der Waals surface area contributed by atoms with E-state index < -0.39 is 35.5 Å². The Balaban J connectivity index is 0.838. The van der Waals surface area contributed by atoms with Gasteiger partial charge in [0, 0.05) is 68.5 Å². The Morgan fingerprint density at radius 3 is 2.29 bits per heavy atom.